The van der Waals surface area contributed by atoms with Gasteiger partial charge in [-0.2, -0.15) is 4.31 Å². The monoisotopic (exact) mass is 278 g/mol. The lowest BCUT2D eigenvalue weighted by Gasteiger charge is -2.16. The lowest BCUT2D eigenvalue weighted by molar-refractivity contribution is 0.465. The zero-order valence-corrected chi connectivity index (χ0v) is 10.5. The number of nitrogens with zero attached hydrogens (tertiary/aromatic N) is 1. The van der Waals surface area contributed by atoms with E-state index in [1.807, 2.05) is 0 Å². The van der Waals surface area contributed by atoms with Crippen molar-refractivity contribution >= 4 is 21.6 Å². The van der Waals surface area contributed by atoms with E-state index in [1.165, 1.54) is 16.4 Å². The molecular weight excluding hydrogens is 267 g/mol. The van der Waals surface area contributed by atoms with Gasteiger partial charge in [-0.15, -0.1) is 0 Å². The van der Waals surface area contributed by atoms with E-state index in [0.29, 0.717) is 13.0 Å². The molecule has 1 aromatic carbocycles. The average molecular weight is 279 g/mol. The SMILES string of the molecule is NC1CCN(S(=O)(=O)c2ccc(Cl)cc2F)C1. The number of rotatable bonds is 2. The molecule has 1 atom stereocenters. The zero-order chi connectivity index (χ0) is 12.6. The van der Waals surface area contributed by atoms with Crippen molar-refractivity contribution < 1.29 is 12.8 Å². The molecule has 2 N–H and O–H groups in total. The summed E-state index contributed by atoms with van der Waals surface area (Å²) in [5.41, 5.74) is 5.64. The molecule has 1 saturated heterocycles. The van der Waals surface area contributed by atoms with Crippen LogP contribution in [0.3, 0.4) is 0 Å². The quantitative estimate of drug-likeness (QED) is 0.884. The molecule has 0 bridgehead atoms. The number of halogens is 2. The van der Waals surface area contributed by atoms with E-state index >= 15 is 0 Å². The van der Waals surface area contributed by atoms with Crippen molar-refractivity contribution in [3.8, 4) is 0 Å². The second kappa shape index (κ2) is 4.53. The van der Waals surface area contributed by atoms with E-state index in [-0.39, 0.29) is 22.5 Å². The van der Waals surface area contributed by atoms with Gasteiger partial charge in [0.25, 0.3) is 0 Å². The molecule has 0 radical (unpaired) electrons. The first kappa shape index (κ1) is 12.8. The summed E-state index contributed by atoms with van der Waals surface area (Å²) in [6.07, 6.45) is 0.592. The van der Waals surface area contributed by atoms with Crippen molar-refractivity contribution in [2.24, 2.45) is 5.73 Å². The standard InChI is InChI=1S/C10H12ClFN2O2S/c11-7-1-2-10(9(12)5-7)17(15,16)14-4-3-8(13)6-14/h1-2,5,8H,3-4,6,13H2. The van der Waals surface area contributed by atoms with E-state index in [4.69, 9.17) is 17.3 Å². The van der Waals surface area contributed by atoms with Gasteiger partial charge >= 0.3 is 0 Å². The molecule has 1 aliphatic heterocycles. The summed E-state index contributed by atoms with van der Waals surface area (Å²) in [5, 5.41) is 0.166. The largest absolute Gasteiger partial charge is 0.326 e. The average Bonchev–Trinajstić information content (AvgIpc) is 2.64. The summed E-state index contributed by atoms with van der Waals surface area (Å²) in [5.74, 6) is -0.835. The van der Waals surface area contributed by atoms with E-state index in [9.17, 15) is 12.8 Å². The second-order valence-electron chi connectivity index (χ2n) is 3.99. The summed E-state index contributed by atoms with van der Waals surface area (Å²) in [7, 11) is -3.80. The maximum atomic E-state index is 13.6. The Kier molecular flexibility index (Phi) is 3.40. The molecule has 0 spiro atoms. The smallest absolute Gasteiger partial charge is 0.246 e. The molecule has 94 valence electrons. The van der Waals surface area contributed by atoms with Gasteiger partial charge in [-0.1, -0.05) is 11.6 Å². The fourth-order valence-corrected chi connectivity index (χ4v) is 3.51. The third-order valence-corrected chi connectivity index (χ3v) is 4.83. The van der Waals surface area contributed by atoms with Crippen molar-refractivity contribution in [3.63, 3.8) is 0 Å². The Bertz CT molecular complexity index is 535. The van der Waals surface area contributed by atoms with Crippen molar-refractivity contribution in [3.05, 3.63) is 29.0 Å². The predicted octanol–water partition coefficient (Wildman–Crippen LogP) is 1.20. The molecule has 1 aliphatic rings. The van der Waals surface area contributed by atoms with Crippen LogP contribution in [0.25, 0.3) is 0 Å². The molecule has 17 heavy (non-hydrogen) atoms. The third kappa shape index (κ3) is 2.44. The minimum Gasteiger partial charge on any atom is -0.326 e. The lowest BCUT2D eigenvalue weighted by Crippen LogP contribution is -2.32. The van der Waals surface area contributed by atoms with Gasteiger partial charge in [0.05, 0.1) is 0 Å². The fraction of sp³-hybridized carbons (Fsp3) is 0.400. The minimum absolute atomic E-state index is 0.166. The molecule has 0 amide bonds. The fourth-order valence-electron chi connectivity index (χ4n) is 1.80. The van der Waals surface area contributed by atoms with E-state index in [1.54, 1.807) is 0 Å². The highest BCUT2D eigenvalue weighted by atomic mass is 35.5. The predicted molar refractivity (Wildman–Crippen MR) is 62.8 cm³/mol. The van der Waals surface area contributed by atoms with E-state index in [2.05, 4.69) is 0 Å². The zero-order valence-electron chi connectivity index (χ0n) is 8.94. The molecule has 7 heteroatoms. The van der Waals surface area contributed by atoms with Crippen molar-refractivity contribution in [2.75, 3.05) is 13.1 Å². The maximum absolute atomic E-state index is 13.6. The first-order valence-electron chi connectivity index (χ1n) is 5.12. The van der Waals surface area contributed by atoms with Crippen molar-refractivity contribution in [2.45, 2.75) is 17.4 Å². The van der Waals surface area contributed by atoms with E-state index in [0.717, 1.165) is 6.07 Å². The van der Waals surface area contributed by atoms with Crippen LogP contribution < -0.4 is 5.73 Å². The molecule has 1 heterocycles. The van der Waals surface area contributed by atoms with Crippen LogP contribution in [0.4, 0.5) is 4.39 Å². The van der Waals surface area contributed by atoms with Crippen LogP contribution >= 0.6 is 11.6 Å². The van der Waals surface area contributed by atoms with Crippen LogP contribution in [0.2, 0.25) is 5.02 Å². The molecule has 1 unspecified atom stereocenters. The first-order valence-corrected chi connectivity index (χ1v) is 6.94. The van der Waals surface area contributed by atoms with Gasteiger partial charge in [-0.3, -0.25) is 0 Å². The highest BCUT2D eigenvalue weighted by molar-refractivity contribution is 7.89. The normalized spacial score (nSPS) is 21.9. The van der Waals surface area contributed by atoms with Gasteiger partial charge in [0.15, 0.2) is 0 Å². The summed E-state index contributed by atoms with van der Waals surface area (Å²) >= 11 is 5.58. The van der Waals surface area contributed by atoms with Crippen molar-refractivity contribution in [1.82, 2.24) is 4.31 Å². The van der Waals surface area contributed by atoms with Crippen LogP contribution in [0, 0.1) is 5.82 Å². The number of hydrogen-bond donors (Lipinski definition) is 1. The van der Waals surface area contributed by atoms with Crippen LogP contribution in [-0.2, 0) is 10.0 Å². The Morgan fingerprint density at radius 3 is 2.71 bits per heavy atom. The van der Waals surface area contributed by atoms with Crippen LogP contribution in [0.5, 0.6) is 0 Å². The molecule has 2 rings (SSSR count). The lowest BCUT2D eigenvalue weighted by atomic mass is 10.3. The molecule has 0 aliphatic carbocycles. The van der Waals surface area contributed by atoms with Gasteiger partial charge in [-0.05, 0) is 24.6 Å². The van der Waals surface area contributed by atoms with Gasteiger partial charge in [-0.25, -0.2) is 12.8 Å². The third-order valence-electron chi connectivity index (χ3n) is 2.70. The van der Waals surface area contributed by atoms with E-state index < -0.39 is 15.8 Å². The molecule has 4 nitrogen and oxygen atoms in total. The first-order chi connectivity index (χ1) is 7.91. The number of sulfonamides is 1. The number of hydrogen-bond acceptors (Lipinski definition) is 3. The number of nitrogens with two attached hydrogens (primary N) is 1. The molecular formula is C10H12ClFN2O2S. The van der Waals surface area contributed by atoms with Gasteiger partial charge in [0, 0.05) is 24.2 Å². The Morgan fingerprint density at radius 2 is 2.18 bits per heavy atom. The minimum atomic E-state index is -3.80. The molecule has 1 fully saturated rings. The summed E-state index contributed by atoms with van der Waals surface area (Å²) in [6.45, 7) is 0.552. The van der Waals surface area contributed by atoms with Gasteiger partial charge < -0.3 is 5.73 Å². The molecule has 1 aromatic rings. The Hall–Kier alpha value is -0.690. The highest BCUT2D eigenvalue weighted by Crippen LogP contribution is 2.24. The van der Waals surface area contributed by atoms with Crippen LogP contribution in [-0.4, -0.2) is 31.9 Å². The topological polar surface area (TPSA) is 63.4 Å². The summed E-state index contributed by atoms with van der Waals surface area (Å²) in [4.78, 5) is -0.351. The Morgan fingerprint density at radius 1 is 1.47 bits per heavy atom. The maximum Gasteiger partial charge on any atom is 0.246 e. The van der Waals surface area contributed by atoms with Gasteiger partial charge in [0.2, 0.25) is 10.0 Å². The molecule has 0 aromatic heterocycles. The van der Waals surface area contributed by atoms with Crippen LogP contribution in [0.15, 0.2) is 23.1 Å². The number of benzene rings is 1. The van der Waals surface area contributed by atoms with Crippen LogP contribution in [0.1, 0.15) is 6.42 Å². The Labute approximate surface area is 104 Å². The summed E-state index contributed by atoms with van der Waals surface area (Å²) < 4.78 is 39.0. The second-order valence-corrected chi connectivity index (χ2v) is 6.33. The highest BCUT2D eigenvalue weighted by Gasteiger charge is 2.32. The molecule has 0 saturated carbocycles. The van der Waals surface area contributed by atoms with Gasteiger partial charge in [0.1, 0.15) is 10.7 Å². The van der Waals surface area contributed by atoms with Crippen molar-refractivity contribution in [1.29, 1.82) is 0 Å². The Balaban J connectivity index is 2.38. The summed E-state index contributed by atoms with van der Waals surface area (Å²) in [6, 6.07) is 3.34.